The van der Waals surface area contributed by atoms with Gasteiger partial charge in [0, 0.05) is 12.8 Å². The zero-order valence-corrected chi connectivity index (χ0v) is 13.3. The van der Waals surface area contributed by atoms with Crippen molar-refractivity contribution in [3.05, 3.63) is 29.8 Å². The van der Waals surface area contributed by atoms with Gasteiger partial charge in [-0.25, -0.2) is 8.42 Å². The normalized spacial score (nSPS) is 16.8. The van der Waals surface area contributed by atoms with Crippen molar-refractivity contribution in [2.75, 3.05) is 30.7 Å². The van der Waals surface area contributed by atoms with E-state index < -0.39 is 10.0 Å². The summed E-state index contributed by atoms with van der Waals surface area (Å²) in [4.78, 5) is 0. The lowest BCUT2D eigenvalue weighted by Gasteiger charge is -2.22. The first-order valence-electron chi connectivity index (χ1n) is 7.38. The van der Waals surface area contributed by atoms with Crippen molar-refractivity contribution in [2.45, 2.75) is 25.9 Å². The number of rotatable bonds is 7. The van der Waals surface area contributed by atoms with E-state index in [-0.39, 0.29) is 5.75 Å². The Kier molecular flexibility index (Phi) is 6.02. The maximum absolute atomic E-state index is 12.2. The molecule has 5 nitrogen and oxygen atoms in total. The lowest BCUT2D eigenvalue weighted by atomic mass is 9.96. The number of piperidine rings is 1. The van der Waals surface area contributed by atoms with Crippen LogP contribution < -0.4 is 10.0 Å². The Balaban J connectivity index is 1.89. The average molecular weight is 312 g/mol. The highest BCUT2D eigenvalue weighted by Gasteiger charge is 2.17. The van der Waals surface area contributed by atoms with Gasteiger partial charge in [0.15, 0.2) is 0 Å². The second kappa shape index (κ2) is 7.77. The molecule has 0 aromatic heterocycles. The van der Waals surface area contributed by atoms with E-state index >= 15 is 0 Å². The summed E-state index contributed by atoms with van der Waals surface area (Å²) >= 11 is 0. The van der Waals surface area contributed by atoms with Crippen molar-refractivity contribution >= 4 is 15.7 Å². The summed E-state index contributed by atoms with van der Waals surface area (Å²) in [5.74, 6) is 0.703. The van der Waals surface area contributed by atoms with Gasteiger partial charge in [0.25, 0.3) is 0 Å². The molecule has 1 aromatic rings. The number of hydrogen-bond donors (Lipinski definition) is 2. The second-order valence-corrected chi connectivity index (χ2v) is 7.38. The van der Waals surface area contributed by atoms with E-state index in [1.54, 1.807) is 13.2 Å². The summed E-state index contributed by atoms with van der Waals surface area (Å²) in [6.07, 6.45) is 2.87. The van der Waals surface area contributed by atoms with Crippen molar-refractivity contribution in [1.82, 2.24) is 5.32 Å². The number of hydrogen-bond acceptors (Lipinski definition) is 4. The Morgan fingerprint density at radius 1 is 1.33 bits per heavy atom. The second-order valence-electron chi connectivity index (χ2n) is 5.54. The molecule has 1 aliphatic rings. The van der Waals surface area contributed by atoms with Crippen LogP contribution >= 0.6 is 0 Å². The monoisotopic (exact) mass is 312 g/mol. The van der Waals surface area contributed by atoms with E-state index in [2.05, 4.69) is 10.0 Å². The summed E-state index contributed by atoms with van der Waals surface area (Å²) in [5.41, 5.74) is 1.56. The van der Waals surface area contributed by atoms with Gasteiger partial charge in [0.2, 0.25) is 10.0 Å². The smallest absolute Gasteiger partial charge is 0.232 e. The van der Waals surface area contributed by atoms with Crippen LogP contribution in [-0.4, -0.2) is 34.4 Å². The van der Waals surface area contributed by atoms with E-state index in [1.807, 2.05) is 18.2 Å². The fourth-order valence-electron chi connectivity index (χ4n) is 2.61. The Morgan fingerprint density at radius 3 is 2.81 bits per heavy atom. The highest BCUT2D eigenvalue weighted by Crippen LogP contribution is 2.18. The third kappa shape index (κ3) is 5.65. The quantitative estimate of drug-likeness (QED) is 0.808. The average Bonchev–Trinajstić information content (AvgIpc) is 2.47. The number of sulfonamides is 1. The Hall–Kier alpha value is -1.11. The first-order chi connectivity index (χ1) is 10.1. The van der Waals surface area contributed by atoms with Crippen LogP contribution in [0.15, 0.2) is 24.3 Å². The van der Waals surface area contributed by atoms with Crippen LogP contribution in [0, 0.1) is 5.92 Å². The van der Waals surface area contributed by atoms with E-state index in [9.17, 15) is 8.42 Å². The largest absolute Gasteiger partial charge is 0.380 e. The highest BCUT2D eigenvalue weighted by atomic mass is 32.2. The summed E-state index contributed by atoms with van der Waals surface area (Å²) in [7, 11) is -1.66. The fraction of sp³-hybridized carbons (Fsp3) is 0.600. The van der Waals surface area contributed by atoms with Gasteiger partial charge in [-0.3, -0.25) is 4.72 Å². The van der Waals surface area contributed by atoms with Crippen LogP contribution in [0.2, 0.25) is 0 Å². The third-order valence-corrected chi connectivity index (χ3v) is 5.08. The van der Waals surface area contributed by atoms with Crippen LogP contribution in [0.3, 0.4) is 0 Å². The number of nitrogens with one attached hydrogen (secondary N) is 2. The van der Waals surface area contributed by atoms with E-state index in [0.29, 0.717) is 18.2 Å². The molecule has 1 aromatic carbocycles. The maximum atomic E-state index is 12.2. The van der Waals surface area contributed by atoms with Crippen LogP contribution in [0.4, 0.5) is 5.69 Å². The topological polar surface area (TPSA) is 67.4 Å². The number of anilines is 1. The molecule has 0 unspecified atom stereocenters. The highest BCUT2D eigenvalue weighted by molar-refractivity contribution is 7.92. The predicted molar refractivity (Wildman–Crippen MR) is 84.8 cm³/mol. The molecule has 1 heterocycles. The molecule has 1 aliphatic heterocycles. The molecule has 21 heavy (non-hydrogen) atoms. The molecule has 2 rings (SSSR count). The molecule has 2 N–H and O–H groups in total. The van der Waals surface area contributed by atoms with Gasteiger partial charge in [-0.2, -0.15) is 0 Å². The minimum absolute atomic E-state index is 0.187. The van der Waals surface area contributed by atoms with Gasteiger partial charge in [-0.05, 0) is 56.0 Å². The molecular formula is C15H24N2O3S. The molecule has 0 radical (unpaired) electrons. The Bertz CT molecular complexity index is 540. The van der Waals surface area contributed by atoms with Crippen molar-refractivity contribution in [3.8, 4) is 0 Å². The number of methoxy groups -OCH3 is 1. The number of benzene rings is 1. The molecule has 0 saturated carbocycles. The standard InChI is InChI=1S/C15H24N2O3S/c1-20-12-14-3-2-4-15(11-14)17-21(18,19)10-7-13-5-8-16-9-6-13/h2-4,11,13,16-17H,5-10,12H2,1H3. The molecule has 0 aliphatic carbocycles. The molecule has 0 atom stereocenters. The minimum Gasteiger partial charge on any atom is -0.380 e. The molecule has 0 spiro atoms. The number of ether oxygens (including phenoxy) is 1. The van der Waals surface area contributed by atoms with Gasteiger partial charge in [0.1, 0.15) is 0 Å². The molecule has 118 valence electrons. The molecular weight excluding hydrogens is 288 g/mol. The lowest BCUT2D eigenvalue weighted by molar-refractivity contribution is 0.185. The van der Waals surface area contributed by atoms with Crippen molar-refractivity contribution < 1.29 is 13.2 Å². The van der Waals surface area contributed by atoms with Gasteiger partial charge in [-0.1, -0.05) is 12.1 Å². The Labute approximate surface area is 127 Å². The molecule has 6 heteroatoms. The van der Waals surface area contributed by atoms with Crippen LogP contribution in [0.5, 0.6) is 0 Å². The molecule has 1 fully saturated rings. The van der Waals surface area contributed by atoms with Crippen LogP contribution in [-0.2, 0) is 21.4 Å². The first-order valence-corrected chi connectivity index (χ1v) is 9.03. The first kappa shape index (κ1) is 16.3. The zero-order valence-electron chi connectivity index (χ0n) is 12.5. The van der Waals surface area contributed by atoms with E-state index in [0.717, 1.165) is 37.9 Å². The predicted octanol–water partition coefficient (Wildman–Crippen LogP) is 1.96. The summed E-state index contributed by atoms with van der Waals surface area (Å²) in [6.45, 7) is 2.47. The lowest BCUT2D eigenvalue weighted by Crippen LogP contribution is -2.29. The van der Waals surface area contributed by atoms with Gasteiger partial charge in [0.05, 0.1) is 12.4 Å². The third-order valence-electron chi connectivity index (χ3n) is 3.76. The van der Waals surface area contributed by atoms with Gasteiger partial charge >= 0.3 is 0 Å². The van der Waals surface area contributed by atoms with Gasteiger partial charge in [-0.15, -0.1) is 0 Å². The summed E-state index contributed by atoms with van der Waals surface area (Å²) in [5, 5.41) is 3.29. The van der Waals surface area contributed by atoms with Crippen molar-refractivity contribution in [1.29, 1.82) is 0 Å². The van der Waals surface area contributed by atoms with Crippen molar-refractivity contribution in [2.24, 2.45) is 5.92 Å². The Morgan fingerprint density at radius 2 is 2.10 bits per heavy atom. The minimum atomic E-state index is -3.28. The van der Waals surface area contributed by atoms with E-state index in [4.69, 9.17) is 4.74 Å². The maximum Gasteiger partial charge on any atom is 0.232 e. The summed E-state index contributed by atoms with van der Waals surface area (Å²) < 4.78 is 32.0. The van der Waals surface area contributed by atoms with Crippen LogP contribution in [0.1, 0.15) is 24.8 Å². The SMILES string of the molecule is COCc1cccc(NS(=O)(=O)CCC2CCNCC2)c1. The molecule has 0 bridgehead atoms. The van der Waals surface area contributed by atoms with E-state index in [1.165, 1.54) is 0 Å². The van der Waals surface area contributed by atoms with Crippen LogP contribution in [0.25, 0.3) is 0 Å². The van der Waals surface area contributed by atoms with Crippen molar-refractivity contribution in [3.63, 3.8) is 0 Å². The summed E-state index contributed by atoms with van der Waals surface area (Å²) in [6, 6.07) is 7.32. The molecule has 1 saturated heterocycles. The van der Waals surface area contributed by atoms with Gasteiger partial charge < -0.3 is 10.1 Å². The molecule has 0 amide bonds. The fourth-order valence-corrected chi connectivity index (χ4v) is 3.85. The zero-order chi connectivity index (χ0) is 15.1.